The lowest BCUT2D eigenvalue weighted by atomic mass is 10.0. The second kappa shape index (κ2) is 12.4. The van der Waals surface area contributed by atoms with Crippen LogP contribution in [0.4, 0.5) is 10.5 Å². The highest BCUT2D eigenvalue weighted by Crippen LogP contribution is 2.48. The van der Waals surface area contributed by atoms with Gasteiger partial charge in [0.15, 0.2) is 6.29 Å². The number of urea groups is 1. The Morgan fingerprint density at radius 1 is 1.19 bits per heavy atom. The summed E-state index contributed by atoms with van der Waals surface area (Å²) in [5.74, 6) is 6.07. The molecule has 11 heteroatoms. The van der Waals surface area contributed by atoms with E-state index in [2.05, 4.69) is 15.8 Å². The zero-order valence-electron chi connectivity index (χ0n) is 21.7. The lowest BCUT2D eigenvalue weighted by Gasteiger charge is -2.37. The Kier molecular flexibility index (Phi) is 9.47. The molecule has 200 valence electrons. The fourth-order valence-corrected chi connectivity index (χ4v) is 4.18. The fraction of sp³-hybridized carbons (Fsp3) is 0.462. The number of rotatable bonds is 12. The van der Waals surface area contributed by atoms with Gasteiger partial charge in [-0.15, -0.1) is 4.91 Å². The molecule has 0 spiro atoms. The Morgan fingerprint density at radius 2 is 1.86 bits per heavy atom. The molecule has 1 aliphatic rings. The normalized spacial score (nSPS) is 14.7. The summed E-state index contributed by atoms with van der Waals surface area (Å²) in [4.78, 5) is 37.2. The van der Waals surface area contributed by atoms with E-state index in [1.54, 1.807) is 30.1 Å². The first-order valence-electron chi connectivity index (χ1n) is 12.2. The highest BCUT2D eigenvalue weighted by molar-refractivity contribution is 6.32. The van der Waals surface area contributed by atoms with Gasteiger partial charge in [-0.1, -0.05) is 41.4 Å². The standard InChI is InChI=1S/C26H35ClN6O4/c1-17(2)37-22-10-9-20(13-21(22)27)30-24(32(4)28)33(15-19-7-5-18(3)6-8-19)25(35)29-16-26(11-12-26)14-23(34)31-36/h5-10,13,17,24,30H,11-12,14-16,28H2,1-4H3,(H,29,35). The van der Waals surface area contributed by atoms with E-state index in [4.69, 9.17) is 22.2 Å². The van der Waals surface area contributed by atoms with Crippen LogP contribution >= 0.6 is 11.6 Å². The Labute approximate surface area is 222 Å². The van der Waals surface area contributed by atoms with Gasteiger partial charge >= 0.3 is 6.03 Å². The molecular formula is C26H35ClN6O4. The molecule has 0 aromatic heterocycles. The lowest BCUT2D eigenvalue weighted by molar-refractivity contribution is -0.119. The van der Waals surface area contributed by atoms with Crippen molar-refractivity contribution in [3.05, 3.63) is 63.5 Å². The van der Waals surface area contributed by atoms with Gasteiger partial charge in [0.25, 0.3) is 5.91 Å². The SMILES string of the molecule is Cc1ccc(CN(C(=O)NCC2(CC(=O)N=O)CC2)C(Nc2ccc(OC(C)C)c(Cl)c2)N(C)N)cc1. The lowest BCUT2D eigenvalue weighted by Crippen LogP contribution is -2.58. The van der Waals surface area contributed by atoms with E-state index in [1.165, 1.54) is 5.01 Å². The van der Waals surface area contributed by atoms with Crippen LogP contribution < -0.4 is 21.2 Å². The third-order valence-electron chi connectivity index (χ3n) is 6.21. The molecule has 0 aliphatic heterocycles. The number of carbonyl (C=O) groups is 2. The molecule has 1 saturated carbocycles. The van der Waals surface area contributed by atoms with E-state index in [0.717, 1.165) is 24.0 Å². The first kappa shape index (κ1) is 28.4. The Morgan fingerprint density at radius 3 is 2.41 bits per heavy atom. The number of nitrogens with two attached hydrogens (primary N) is 1. The number of ether oxygens (including phenoxy) is 1. The fourth-order valence-electron chi connectivity index (χ4n) is 3.96. The monoisotopic (exact) mass is 530 g/mol. The Hall–Kier alpha value is -3.21. The Bertz CT molecular complexity index is 1100. The number of benzene rings is 2. The summed E-state index contributed by atoms with van der Waals surface area (Å²) < 4.78 is 5.71. The van der Waals surface area contributed by atoms with Gasteiger partial charge in [0, 0.05) is 30.9 Å². The first-order chi connectivity index (χ1) is 17.5. The van der Waals surface area contributed by atoms with Crippen LogP contribution in [0, 0.1) is 17.2 Å². The molecule has 2 aromatic carbocycles. The molecule has 37 heavy (non-hydrogen) atoms. The number of halogens is 1. The number of aryl methyl sites for hydroxylation is 1. The van der Waals surface area contributed by atoms with Crippen molar-refractivity contribution in [2.24, 2.45) is 16.4 Å². The van der Waals surface area contributed by atoms with E-state index in [9.17, 15) is 14.5 Å². The van der Waals surface area contributed by atoms with Crippen molar-refractivity contribution in [1.29, 1.82) is 0 Å². The van der Waals surface area contributed by atoms with Crippen LogP contribution in [0.25, 0.3) is 0 Å². The van der Waals surface area contributed by atoms with Crippen molar-refractivity contribution < 1.29 is 14.3 Å². The van der Waals surface area contributed by atoms with Crippen molar-refractivity contribution in [1.82, 2.24) is 15.2 Å². The van der Waals surface area contributed by atoms with Crippen LogP contribution in [0.2, 0.25) is 5.02 Å². The van der Waals surface area contributed by atoms with Crippen molar-refractivity contribution in [2.75, 3.05) is 18.9 Å². The molecule has 0 saturated heterocycles. The molecule has 10 nitrogen and oxygen atoms in total. The van der Waals surface area contributed by atoms with Crippen LogP contribution in [-0.2, 0) is 11.3 Å². The number of nitrogens with one attached hydrogen (secondary N) is 2. The molecule has 4 N–H and O–H groups in total. The van der Waals surface area contributed by atoms with Gasteiger partial charge in [0.05, 0.1) is 17.7 Å². The molecule has 0 bridgehead atoms. The second-order valence-electron chi connectivity index (χ2n) is 9.93. The zero-order valence-corrected chi connectivity index (χ0v) is 22.4. The van der Waals surface area contributed by atoms with Gasteiger partial charge < -0.3 is 15.4 Å². The summed E-state index contributed by atoms with van der Waals surface area (Å²) in [5, 5.41) is 10.5. The van der Waals surface area contributed by atoms with Crippen LogP contribution in [0.3, 0.4) is 0 Å². The van der Waals surface area contributed by atoms with Gasteiger partial charge in [-0.25, -0.2) is 9.80 Å². The van der Waals surface area contributed by atoms with Crippen LogP contribution in [-0.4, -0.2) is 47.8 Å². The molecule has 0 radical (unpaired) electrons. The molecule has 1 unspecified atom stereocenters. The third kappa shape index (κ3) is 8.14. The minimum atomic E-state index is -0.748. The predicted molar refractivity (Wildman–Crippen MR) is 144 cm³/mol. The van der Waals surface area contributed by atoms with Gasteiger partial charge in [-0.3, -0.25) is 15.5 Å². The van der Waals surface area contributed by atoms with Crippen molar-refractivity contribution in [3.8, 4) is 5.75 Å². The van der Waals surface area contributed by atoms with Crippen LogP contribution in [0.5, 0.6) is 5.75 Å². The Balaban J connectivity index is 1.82. The number of amides is 3. The number of hydrogen-bond donors (Lipinski definition) is 3. The summed E-state index contributed by atoms with van der Waals surface area (Å²) in [6, 6.07) is 12.8. The largest absolute Gasteiger partial charge is 0.489 e. The molecular weight excluding hydrogens is 496 g/mol. The van der Waals surface area contributed by atoms with Crippen LogP contribution in [0.1, 0.15) is 44.2 Å². The number of hydrogen-bond acceptors (Lipinski definition) is 7. The summed E-state index contributed by atoms with van der Waals surface area (Å²) in [5.41, 5.74) is 2.24. The van der Waals surface area contributed by atoms with E-state index in [0.29, 0.717) is 16.5 Å². The smallest absolute Gasteiger partial charge is 0.320 e. The number of carbonyl (C=O) groups excluding carboxylic acids is 2. The van der Waals surface area contributed by atoms with Gasteiger partial charge in [-0.2, -0.15) is 0 Å². The average Bonchev–Trinajstić information content (AvgIpc) is 3.61. The average molecular weight is 531 g/mol. The summed E-state index contributed by atoms with van der Waals surface area (Å²) in [6.07, 6.45) is 0.738. The molecule has 2 aromatic rings. The summed E-state index contributed by atoms with van der Waals surface area (Å²) in [7, 11) is 1.65. The third-order valence-corrected chi connectivity index (χ3v) is 6.50. The van der Waals surface area contributed by atoms with Crippen molar-refractivity contribution in [2.45, 2.75) is 59.0 Å². The molecule has 1 atom stereocenters. The minimum absolute atomic E-state index is 0.0243. The first-order valence-corrected chi connectivity index (χ1v) is 12.6. The molecule has 3 rings (SSSR count). The van der Waals surface area contributed by atoms with E-state index < -0.39 is 17.6 Å². The zero-order chi connectivity index (χ0) is 27.2. The summed E-state index contributed by atoms with van der Waals surface area (Å²) >= 11 is 6.42. The predicted octanol–water partition coefficient (Wildman–Crippen LogP) is 4.61. The molecule has 0 heterocycles. The van der Waals surface area contributed by atoms with Crippen molar-refractivity contribution in [3.63, 3.8) is 0 Å². The number of nitroso groups, excluding NO2 is 1. The maximum absolute atomic E-state index is 13.5. The highest BCUT2D eigenvalue weighted by atomic mass is 35.5. The van der Waals surface area contributed by atoms with E-state index >= 15 is 0 Å². The van der Waals surface area contributed by atoms with Gasteiger partial charge in [-0.05, 0) is 62.8 Å². The van der Waals surface area contributed by atoms with Gasteiger partial charge in [0.2, 0.25) is 0 Å². The number of anilines is 1. The molecule has 1 fully saturated rings. The summed E-state index contributed by atoms with van der Waals surface area (Å²) in [6.45, 7) is 6.34. The van der Waals surface area contributed by atoms with E-state index in [-0.39, 0.29) is 31.6 Å². The topological polar surface area (TPSA) is 129 Å². The molecule has 3 amide bonds. The quantitative estimate of drug-likeness (QED) is 0.158. The van der Waals surface area contributed by atoms with Gasteiger partial charge in [0.1, 0.15) is 5.75 Å². The maximum atomic E-state index is 13.5. The van der Waals surface area contributed by atoms with E-state index in [1.807, 2.05) is 45.0 Å². The van der Waals surface area contributed by atoms with Crippen LogP contribution in [0.15, 0.2) is 47.6 Å². The molecule has 1 aliphatic carbocycles. The number of nitrogens with zero attached hydrogens (tertiary/aromatic N) is 3. The highest BCUT2D eigenvalue weighted by Gasteiger charge is 2.45. The van der Waals surface area contributed by atoms with Crippen molar-refractivity contribution >= 4 is 29.2 Å². The second-order valence-corrected chi connectivity index (χ2v) is 10.3. The maximum Gasteiger partial charge on any atom is 0.320 e. The number of hydrazine groups is 1. The minimum Gasteiger partial charge on any atom is -0.489 e.